The molecule has 26 heavy (non-hydrogen) atoms. The summed E-state index contributed by atoms with van der Waals surface area (Å²) in [6.45, 7) is 0.953. The van der Waals surface area contributed by atoms with Crippen molar-refractivity contribution in [1.82, 2.24) is 14.8 Å². The first-order chi connectivity index (χ1) is 12.7. The Kier molecular flexibility index (Phi) is 4.30. The standard InChI is InChI=1S/C18H17N5O3/c24-23(25)17-10-9-15(26-17)12-19-14-7-5-13(6-8-14)18-21-20-16-4-2-1-3-11-22(16)18/h5-10,12H,1-4,11H2. The number of nitrogens with zero attached hydrogens (tertiary/aromatic N) is 5. The zero-order chi connectivity index (χ0) is 17.9. The minimum absolute atomic E-state index is 0.297. The Morgan fingerprint density at radius 2 is 1.96 bits per heavy atom. The second-order valence-corrected chi connectivity index (χ2v) is 6.14. The maximum absolute atomic E-state index is 10.6. The third-order valence-electron chi connectivity index (χ3n) is 4.37. The molecule has 0 bridgehead atoms. The van der Waals surface area contributed by atoms with Crippen LogP contribution in [0.1, 0.15) is 30.8 Å². The summed E-state index contributed by atoms with van der Waals surface area (Å²) in [7, 11) is 0. The van der Waals surface area contributed by atoms with E-state index in [9.17, 15) is 10.1 Å². The van der Waals surface area contributed by atoms with Gasteiger partial charge in [0.2, 0.25) is 0 Å². The molecular weight excluding hydrogens is 334 g/mol. The summed E-state index contributed by atoms with van der Waals surface area (Å²) in [6.07, 6.45) is 5.98. The number of hydrogen-bond donors (Lipinski definition) is 0. The molecule has 0 saturated heterocycles. The Morgan fingerprint density at radius 1 is 1.12 bits per heavy atom. The highest BCUT2D eigenvalue weighted by Crippen LogP contribution is 2.25. The molecule has 1 aromatic carbocycles. The Labute approximate surface area is 149 Å². The van der Waals surface area contributed by atoms with E-state index in [1.165, 1.54) is 24.8 Å². The van der Waals surface area contributed by atoms with E-state index in [4.69, 9.17) is 4.42 Å². The molecule has 0 amide bonds. The van der Waals surface area contributed by atoms with Crippen LogP contribution in [-0.2, 0) is 13.0 Å². The average Bonchev–Trinajstić information content (AvgIpc) is 3.22. The maximum atomic E-state index is 10.6. The van der Waals surface area contributed by atoms with Gasteiger partial charge in [0.15, 0.2) is 11.6 Å². The first-order valence-corrected chi connectivity index (χ1v) is 8.51. The molecule has 3 heterocycles. The van der Waals surface area contributed by atoms with E-state index < -0.39 is 4.92 Å². The summed E-state index contributed by atoms with van der Waals surface area (Å²) in [5, 5.41) is 19.3. The van der Waals surface area contributed by atoms with Crippen molar-refractivity contribution in [2.24, 2.45) is 4.99 Å². The molecule has 0 unspecified atom stereocenters. The number of nitro groups is 1. The molecule has 0 radical (unpaired) electrons. The predicted octanol–water partition coefficient (Wildman–Crippen LogP) is 3.92. The van der Waals surface area contributed by atoms with Gasteiger partial charge in [-0.3, -0.25) is 15.1 Å². The molecule has 1 aliphatic heterocycles. The van der Waals surface area contributed by atoms with E-state index in [-0.39, 0.29) is 5.88 Å². The fourth-order valence-corrected chi connectivity index (χ4v) is 3.04. The maximum Gasteiger partial charge on any atom is 0.433 e. The minimum Gasteiger partial charge on any atom is -0.400 e. The summed E-state index contributed by atoms with van der Waals surface area (Å²) in [4.78, 5) is 14.3. The highest BCUT2D eigenvalue weighted by molar-refractivity contribution is 5.79. The molecule has 4 rings (SSSR count). The fourth-order valence-electron chi connectivity index (χ4n) is 3.04. The van der Waals surface area contributed by atoms with Crippen LogP contribution >= 0.6 is 0 Å². The van der Waals surface area contributed by atoms with Crippen LogP contribution in [0, 0.1) is 10.1 Å². The molecule has 0 aliphatic carbocycles. The van der Waals surface area contributed by atoms with Crippen molar-refractivity contribution in [3.05, 3.63) is 58.1 Å². The van der Waals surface area contributed by atoms with Crippen LogP contribution in [0.4, 0.5) is 11.6 Å². The van der Waals surface area contributed by atoms with Crippen molar-refractivity contribution < 1.29 is 9.34 Å². The van der Waals surface area contributed by atoms with E-state index in [1.54, 1.807) is 0 Å². The lowest BCUT2D eigenvalue weighted by molar-refractivity contribution is -0.402. The number of rotatable bonds is 4. The topological polar surface area (TPSA) is 99.4 Å². The first-order valence-electron chi connectivity index (χ1n) is 8.51. The van der Waals surface area contributed by atoms with Crippen LogP contribution in [0.15, 0.2) is 45.8 Å². The van der Waals surface area contributed by atoms with Gasteiger partial charge >= 0.3 is 5.88 Å². The molecule has 3 aromatic rings. The molecule has 0 atom stereocenters. The van der Waals surface area contributed by atoms with Crippen LogP contribution in [-0.4, -0.2) is 25.9 Å². The molecule has 1 aliphatic rings. The number of aliphatic imine (C=N–C) groups is 1. The van der Waals surface area contributed by atoms with Gasteiger partial charge < -0.3 is 8.98 Å². The highest BCUT2D eigenvalue weighted by atomic mass is 16.6. The van der Waals surface area contributed by atoms with Crippen LogP contribution in [0.5, 0.6) is 0 Å². The molecular formula is C18H17N5O3. The lowest BCUT2D eigenvalue weighted by Crippen LogP contribution is -2.02. The molecule has 8 nitrogen and oxygen atoms in total. The van der Waals surface area contributed by atoms with Crippen molar-refractivity contribution >= 4 is 17.8 Å². The zero-order valence-electron chi connectivity index (χ0n) is 14.0. The number of aromatic nitrogens is 3. The Balaban J connectivity index is 1.52. The van der Waals surface area contributed by atoms with Gasteiger partial charge in [-0.2, -0.15) is 0 Å². The summed E-state index contributed by atoms with van der Waals surface area (Å²) in [6, 6.07) is 10.5. The predicted molar refractivity (Wildman–Crippen MR) is 95.6 cm³/mol. The monoisotopic (exact) mass is 351 g/mol. The molecule has 132 valence electrons. The number of furan rings is 1. The largest absolute Gasteiger partial charge is 0.433 e. The van der Waals surface area contributed by atoms with E-state index in [0.717, 1.165) is 48.7 Å². The quantitative estimate of drug-likeness (QED) is 0.403. The van der Waals surface area contributed by atoms with E-state index in [0.29, 0.717) is 5.76 Å². The van der Waals surface area contributed by atoms with Crippen molar-refractivity contribution in [2.45, 2.75) is 32.2 Å². The van der Waals surface area contributed by atoms with Gasteiger partial charge in [-0.15, -0.1) is 10.2 Å². The van der Waals surface area contributed by atoms with Gasteiger partial charge in [0.05, 0.1) is 18.0 Å². The molecule has 0 N–H and O–H groups in total. The first kappa shape index (κ1) is 16.2. The van der Waals surface area contributed by atoms with E-state index in [1.807, 2.05) is 24.3 Å². The molecule has 0 saturated carbocycles. The van der Waals surface area contributed by atoms with Crippen LogP contribution in [0.3, 0.4) is 0 Å². The normalized spacial score (nSPS) is 14.3. The minimum atomic E-state index is -0.576. The number of benzene rings is 1. The SMILES string of the molecule is O=[N+]([O-])c1ccc(C=Nc2ccc(-c3nnc4n3CCCCC4)cc2)o1. The van der Waals surface area contributed by atoms with Crippen molar-refractivity contribution in [2.75, 3.05) is 0 Å². The molecule has 2 aromatic heterocycles. The van der Waals surface area contributed by atoms with Gasteiger partial charge in [0.1, 0.15) is 10.7 Å². The third-order valence-corrected chi connectivity index (χ3v) is 4.37. The summed E-state index contributed by atoms with van der Waals surface area (Å²) in [5.74, 6) is 1.98. The van der Waals surface area contributed by atoms with Crippen molar-refractivity contribution in [1.29, 1.82) is 0 Å². The summed E-state index contributed by atoms with van der Waals surface area (Å²) >= 11 is 0. The second kappa shape index (κ2) is 6.91. The van der Waals surface area contributed by atoms with Crippen LogP contribution in [0.2, 0.25) is 0 Å². The van der Waals surface area contributed by atoms with Crippen LogP contribution in [0.25, 0.3) is 11.4 Å². The lowest BCUT2D eigenvalue weighted by atomic mass is 10.2. The van der Waals surface area contributed by atoms with E-state index in [2.05, 4.69) is 19.8 Å². The second-order valence-electron chi connectivity index (χ2n) is 6.14. The molecule has 0 fully saturated rings. The Bertz CT molecular complexity index is 956. The van der Waals surface area contributed by atoms with E-state index >= 15 is 0 Å². The third kappa shape index (κ3) is 3.26. The number of hydrogen-bond acceptors (Lipinski definition) is 6. The van der Waals surface area contributed by atoms with Crippen molar-refractivity contribution in [3.8, 4) is 11.4 Å². The van der Waals surface area contributed by atoms with Gasteiger partial charge in [-0.1, -0.05) is 6.42 Å². The lowest BCUT2D eigenvalue weighted by Gasteiger charge is -2.06. The molecule has 8 heteroatoms. The highest BCUT2D eigenvalue weighted by Gasteiger charge is 2.15. The summed E-state index contributed by atoms with van der Waals surface area (Å²) < 4.78 is 7.26. The Morgan fingerprint density at radius 3 is 2.73 bits per heavy atom. The average molecular weight is 351 g/mol. The smallest absolute Gasteiger partial charge is 0.400 e. The molecule has 0 spiro atoms. The van der Waals surface area contributed by atoms with Gasteiger partial charge in [-0.05, 0) is 43.2 Å². The van der Waals surface area contributed by atoms with Gasteiger partial charge in [0, 0.05) is 18.5 Å². The van der Waals surface area contributed by atoms with Crippen LogP contribution < -0.4 is 0 Å². The van der Waals surface area contributed by atoms with Gasteiger partial charge in [0.25, 0.3) is 0 Å². The fraction of sp³-hybridized carbons (Fsp3) is 0.278. The zero-order valence-corrected chi connectivity index (χ0v) is 14.0. The van der Waals surface area contributed by atoms with Crippen molar-refractivity contribution in [3.63, 3.8) is 0 Å². The summed E-state index contributed by atoms with van der Waals surface area (Å²) in [5.41, 5.74) is 1.72. The van der Waals surface area contributed by atoms with Gasteiger partial charge in [-0.25, -0.2) is 0 Å². The Hall–Kier alpha value is -3.29. The number of fused-ring (bicyclic) bond motifs is 1. The number of aryl methyl sites for hydroxylation is 1.